The van der Waals surface area contributed by atoms with E-state index < -0.39 is 0 Å². The van der Waals surface area contributed by atoms with E-state index in [9.17, 15) is 4.79 Å². The number of likely N-dealkylation sites (tertiary alicyclic amines) is 2. The van der Waals surface area contributed by atoms with E-state index >= 15 is 0 Å². The number of hydrogen-bond acceptors (Lipinski definition) is 3. The van der Waals surface area contributed by atoms with Crippen molar-refractivity contribution in [1.82, 2.24) is 15.1 Å². The van der Waals surface area contributed by atoms with Crippen molar-refractivity contribution in [2.75, 3.05) is 39.3 Å². The lowest BCUT2D eigenvalue weighted by atomic mass is 9.99. The predicted molar refractivity (Wildman–Crippen MR) is 95.3 cm³/mol. The molecular weight excluding hydrogens is 302 g/mol. The third kappa shape index (κ3) is 4.87. The van der Waals surface area contributed by atoms with E-state index in [0.29, 0.717) is 6.54 Å². The fourth-order valence-corrected chi connectivity index (χ4v) is 3.42. The van der Waals surface area contributed by atoms with E-state index in [1.54, 1.807) is 0 Å². The van der Waals surface area contributed by atoms with Crippen LogP contribution in [0.2, 0.25) is 0 Å². The van der Waals surface area contributed by atoms with E-state index in [4.69, 9.17) is 4.74 Å². The molecule has 2 aliphatic heterocycles. The third-order valence-electron chi connectivity index (χ3n) is 5.06. The molecule has 2 saturated heterocycles. The zero-order valence-corrected chi connectivity index (χ0v) is 14.6. The van der Waals surface area contributed by atoms with Crippen LogP contribution in [0.15, 0.2) is 30.3 Å². The van der Waals surface area contributed by atoms with Crippen LogP contribution in [0.5, 0.6) is 5.75 Å². The van der Waals surface area contributed by atoms with Crippen LogP contribution < -0.4 is 10.1 Å². The summed E-state index contributed by atoms with van der Waals surface area (Å²) in [6, 6.07) is 9.88. The van der Waals surface area contributed by atoms with Crippen LogP contribution in [0.4, 0.5) is 4.79 Å². The topological polar surface area (TPSA) is 44.8 Å². The summed E-state index contributed by atoms with van der Waals surface area (Å²) in [5.74, 6) is 1.73. The van der Waals surface area contributed by atoms with Crippen LogP contribution in [0.1, 0.15) is 26.2 Å². The van der Waals surface area contributed by atoms with E-state index in [2.05, 4.69) is 17.1 Å². The highest BCUT2D eigenvalue weighted by atomic mass is 16.5. The standard InChI is InChI=1S/C19H29N3O2/c1-16-7-11-21(12-8-16)14-10-20-19(23)22-13-9-18(15-22)24-17-5-3-2-4-6-17/h2-6,16,18H,7-15H2,1H3,(H,20,23)/t18-/m0/s1. The maximum absolute atomic E-state index is 12.3. The first kappa shape index (κ1) is 17.1. The van der Waals surface area contributed by atoms with Gasteiger partial charge in [0.2, 0.25) is 0 Å². The van der Waals surface area contributed by atoms with Gasteiger partial charge in [-0.05, 0) is 44.0 Å². The molecule has 0 spiro atoms. The molecule has 1 N–H and O–H groups in total. The number of benzene rings is 1. The van der Waals surface area contributed by atoms with Gasteiger partial charge in [-0.25, -0.2) is 4.79 Å². The van der Waals surface area contributed by atoms with Gasteiger partial charge in [0, 0.05) is 26.1 Å². The molecule has 2 fully saturated rings. The number of nitrogens with zero attached hydrogens (tertiary/aromatic N) is 2. The zero-order chi connectivity index (χ0) is 16.8. The maximum Gasteiger partial charge on any atom is 0.317 e. The van der Waals surface area contributed by atoms with Crippen molar-refractivity contribution in [1.29, 1.82) is 0 Å². The second-order valence-corrected chi connectivity index (χ2v) is 7.04. The number of urea groups is 1. The van der Waals surface area contributed by atoms with Crippen molar-refractivity contribution in [2.45, 2.75) is 32.3 Å². The van der Waals surface area contributed by atoms with Gasteiger partial charge < -0.3 is 19.9 Å². The Kier molecular flexibility index (Phi) is 5.96. The van der Waals surface area contributed by atoms with E-state index in [0.717, 1.165) is 50.8 Å². The molecular formula is C19H29N3O2. The lowest BCUT2D eigenvalue weighted by Gasteiger charge is -2.30. The number of piperidine rings is 1. The summed E-state index contributed by atoms with van der Waals surface area (Å²) in [6.07, 6.45) is 3.55. The van der Waals surface area contributed by atoms with Crippen LogP contribution in [0.25, 0.3) is 0 Å². The highest BCUT2D eigenvalue weighted by molar-refractivity contribution is 5.74. The molecule has 1 aromatic carbocycles. The normalized spacial score (nSPS) is 22.5. The molecule has 0 aliphatic carbocycles. The SMILES string of the molecule is CC1CCN(CCNC(=O)N2CC[C@H](Oc3ccccc3)C2)CC1. The summed E-state index contributed by atoms with van der Waals surface area (Å²) in [7, 11) is 0. The average Bonchev–Trinajstić information content (AvgIpc) is 3.06. The Labute approximate surface area is 145 Å². The quantitative estimate of drug-likeness (QED) is 0.902. The summed E-state index contributed by atoms with van der Waals surface area (Å²) in [5.41, 5.74) is 0. The molecule has 2 amide bonds. The van der Waals surface area contributed by atoms with Gasteiger partial charge in [0.1, 0.15) is 11.9 Å². The second-order valence-electron chi connectivity index (χ2n) is 7.04. The van der Waals surface area contributed by atoms with Crippen LogP contribution in [-0.4, -0.2) is 61.2 Å². The van der Waals surface area contributed by atoms with Crippen molar-refractivity contribution in [3.05, 3.63) is 30.3 Å². The first-order valence-electron chi connectivity index (χ1n) is 9.17. The number of carbonyl (C=O) groups is 1. The van der Waals surface area contributed by atoms with Gasteiger partial charge in [0.15, 0.2) is 0 Å². The predicted octanol–water partition coefficient (Wildman–Crippen LogP) is 2.58. The van der Waals surface area contributed by atoms with E-state index in [-0.39, 0.29) is 12.1 Å². The minimum atomic E-state index is 0.0412. The number of nitrogens with one attached hydrogen (secondary N) is 1. The van der Waals surface area contributed by atoms with Gasteiger partial charge in [-0.1, -0.05) is 25.1 Å². The van der Waals surface area contributed by atoms with Gasteiger partial charge in [0.25, 0.3) is 0 Å². The van der Waals surface area contributed by atoms with Crippen molar-refractivity contribution in [3.8, 4) is 5.75 Å². The van der Waals surface area contributed by atoms with Gasteiger partial charge in [-0.2, -0.15) is 0 Å². The highest BCUT2D eigenvalue weighted by Gasteiger charge is 2.27. The average molecular weight is 331 g/mol. The van der Waals surface area contributed by atoms with Gasteiger partial charge in [0.05, 0.1) is 6.54 Å². The third-order valence-corrected chi connectivity index (χ3v) is 5.06. The molecule has 5 nitrogen and oxygen atoms in total. The Balaban J connectivity index is 1.34. The summed E-state index contributed by atoms with van der Waals surface area (Å²) in [6.45, 7) is 7.76. The first-order valence-corrected chi connectivity index (χ1v) is 9.17. The van der Waals surface area contributed by atoms with E-state index in [1.165, 1.54) is 12.8 Å². The van der Waals surface area contributed by atoms with E-state index in [1.807, 2.05) is 35.2 Å². The fourth-order valence-electron chi connectivity index (χ4n) is 3.42. The molecule has 1 aromatic rings. The largest absolute Gasteiger partial charge is 0.489 e. The lowest BCUT2D eigenvalue weighted by molar-refractivity contribution is 0.178. The second kappa shape index (κ2) is 8.38. The lowest BCUT2D eigenvalue weighted by Crippen LogP contribution is -2.44. The number of ether oxygens (including phenoxy) is 1. The molecule has 0 aromatic heterocycles. The number of para-hydroxylation sites is 1. The van der Waals surface area contributed by atoms with Gasteiger partial charge in [-0.3, -0.25) is 0 Å². The number of hydrogen-bond donors (Lipinski definition) is 1. The molecule has 2 heterocycles. The molecule has 3 rings (SSSR count). The Bertz CT molecular complexity index is 515. The van der Waals surface area contributed by atoms with Gasteiger partial charge >= 0.3 is 6.03 Å². The summed E-state index contributed by atoms with van der Waals surface area (Å²) >= 11 is 0. The van der Waals surface area contributed by atoms with Crippen molar-refractivity contribution in [3.63, 3.8) is 0 Å². The van der Waals surface area contributed by atoms with Gasteiger partial charge in [-0.15, -0.1) is 0 Å². The fraction of sp³-hybridized carbons (Fsp3) is 0.632. The van der Waals surface area contributed by atoms with Crippen molar-refractivity contribution < 1.29 is 9.53 Å². The Morgan fingerprint density at radius 2 is 1.92 bits per heavy atom. The monoisotopic (exact) mass is 331 g/mol. The van der Waals surface area contributed by atoms with Crippen molar-refractivity contribution >= 4 is 6.03 Å². The summed E-state index contributed by atoms with van der Waals surface area (Å²) in [5, 5.41) is 3.06. The molecule has 0 bridgehead atoms. The molecule has 0 unspecified atom stereocenters. The number of amides is 2. The maximum atomic E-state index is 12.3. The Morgan fingerprint density at radius 1 is 1.17 bits per heavy atom. The zero-order valence-electron chi connectivity index (χ0n) is 14.6. The van der Waals surface area contributed by atoms with Crippen LogP contribution in [0, 0.1) is 5.92 Å². The smallest absolute Gasteiger partial charge is 0.317 e. The Hall–Kier alpha value is -1.75. The summed E-state index contributed by atoms with van der Waals surface area (Å²) < 4.78 is 5.94. The molecule has 5 heteroatoms. The molecule has 132 valence electrons. The highest BCUT2D eigenvalue weighted by Crippen LogP contribution is 2.18. The number of carbonyl (C=O) groups excluding carboxylic acids is 1. The van der Waals surface area contributed by atoms with Crippen molar-refractivity contribution in [2.24, 2.45) is 5.92 Å². The summed E-state index contributed by atoms with van der Waals surface area (Å²) in [4.78, 5) is 16.6. The van der Waals surface area contributed by atoms with Crippen LogP contribution >= 0.6 is 0 Å². The molecule has 1 atom stereocenters. The molecule has 24 heavy (non-hydrogen) atoms. The minimum Gasteiger partial charge on any atom is -0.489 e. The minimum absolute atomic E-state index is 0.0412. The molecule has 2 aliphatic rings. The first-order chi connectivity index (χ1) is 11.7. The number of rotatable bonds is 5. The van der Waals surface area contributed by atoms with Crippen LogP contribution in [0.3, 0.4) is 0 Å². The molecule has 0 radical (unpaired) electrons. The Morgan fingerprint density at radius 3 is 2.67 bits per heavy atom. The molecule has 0 saturated carbocycles. The van der Waals surface area contributed by atoms with Crippen LogP contribution in [-0.2, 0) is 0 Å².